The van der Waals surface area contributed by atoms with Crippen LogP contribution >= 0.6 is 11.3 Å². The number of carboxylic acids is 1. The summed E-state index contributed by atoms with van der Waals surface area (Å²) in [5.41, 5.74) is 4.08. The molecular formula is C26H37N7O2S. The summed E-state index contributed by atoms with van der Waals surface area (Å²) in [6, 6.07) is 0. The lowest BCUT2D eigenvalue weighted by Gasteiger charge is -2.34. The van der Waals surface area contributed by atoms with Crippen molar-refractivity contribution in [3.8, 4) is 0 Å². The average molecular weight is 512 g/mol. The molecule has 2 N–H and O–H groups in total. The van der Waals surface area contributed by atoms with Gasteiger partial charge < -0.3 is 20.2 Å². The van der Waals surface area contributed by atoms with Crippen molar-refractivity contribution in [1.29, 1.82) is 0 Å². The number of carbonyl (C=O) groups is 1. The predicted octanol–water partition coefficient (Wildman–Crippen LogP) is 3.32. The molecule has 0 atom stereocenters. The zero-order valence-electron chi connectivity index (χ0n) is 21.8. The van der Waals surface area contributed by atoms with Gasteiger partial charge >= 0.3 is 5.97 Å². The summed E-state index contributed by atoms with van der Waals surface area (Å²) in [5, 5.41) is 13.7. The van der Waals surface area contributed by atoms with Gasteiger partial charge in [-0.1, -0.05) is 13.8 Å². The Morgan fingerprint density at radius 1 is 1.14 bits per heavy atom. The van der Waals surface area contributed by atoms with Gasteiger partial charge in [-0.05, 0) is 35.8 Å². The Bertz CT molecular complexity index is 1260. The fourth-order valence-electron chi connectivity index (χ4n) is 5.50. The smallest absolute Gasteiger partial charge is 0.304 e. The van der Waals surface area contributed by atoms with Crippen LogP contribution in [0.5, 0.6) is 0 Å². The molecule has 5 rings (SSSR count). The monoisotopic (exact) mass is 511 g/mol. The third-order valence-corrected chi connectivity index (χ3v) is 8.63. The molecule has 0 spiro atoms. The van der Waals surface area contributed by atoms with Gasteiger partial charge in [-0.3, -0.25) is 9.69 Å². The van der Waals surface area contributed by atoms with E-state index in [1.165, 1.54) is 22.9 Å². The number of hydrogen-bond acceptors (Lipinski definition) is 9. The molecule has 3 aromatic rings. The van der Waals surface area contributed by atoms with Crippen molar-refractivity contribution < 1.29 is 9.90 Å². The van der Waals surface area contributed by atoms with Gasteiger partial charge in [0.1, 0.15) is 22.8 Å². The molecule has 1 fully saturated rings. The summed E-state index contributed by atoms with van der Waals surface area (Å²) in [5.74, 6) is 1.25. The molecule has 0 bridgehead atoms. The maximum atomic E-state index is 10.8. The highest BCUT2D eigenvalue weighted by molar-refractivity contribution is 7.26. The van der Waals surface area contributed by atoms with Crippen LogP contribution in [0.3, 0.4) is 0 Å². The molecule has 2 aliphatic rings. The lowest BCUT2D eigenvalue weighted by molar-refractivity contribution is -0.137. The molecule has 36 heavy (non-hydrogen) atoms. The van der Waals surface area contributed by atoms with Crippen molar-refractivity contribution in [2.24, 2.45) is 5.41 Å². The van der Waals surface area contributed by atoms with Crippen LogP contribution in [-0.4, -0.2) is 95.7 Å². The molecule has 0 radical (unpaired) electrons. The van der Waals surface area contributed by atoms with Crippen molar-refractivity contribution in [3.63, 3.8) is 0 Å². The van der Waals surface area contributed by atoms with Gasteiger partial charge in [0.2, 0.25) is 0 Å². The molecule has 1 aliphatic carbocycles. The number of aromatic nitrogens is 3. The Morgan fingerprint density at radius 3 is 2.56 bits per heavy atom. The molecule has 194 valence electrons. The Hall–Kier alpha value is -2.56. The topological polar surface area (TPSA) is 97.7 Å². The van der Waals surface area contributed by atoms with Crippen LogP contribution in [0.15, 0.2) is 6.33 Å². The molecule has 0 aromatic carbocycles. The van der Waals surface area contributed by atoms with E-state index in [0.717, 1.165) is 78.8 Å². The number of fused-ring (bicyclic) bond motifs is 5. The lowest BCUT2D eigenvalue weighted by atomic mass is 9.73. The minimum atomic E-state index is -0.726. The quantitative estimate of drug-likeness (QED) is 0.472. The number of thiophene rings is 1. The minimum absolute atomic E-state index is 0.214. The van der Waals surface area contributed by atoms with Crippen LogP contribution in [0, 0.1) is 5.41 Å². The fourth-order valence-corrected chi connectivity index (χ4v) is 6.62. The first kappa shape index (κ1) is 25.1. The maximum absolute atomic E-state index is 10.8. The maximum Gasteiger partial charge on any atom is 0.304 e. The Morgan fingerprint density at radius 2 is 1.86 bits per heavy atom. The molecule has 10 heteroatoms. The number of piperazine rings is 1. The summed E-state index contributed by atoms with van der Waals surface area (Å²) in [6.07, 6.45) is 5.16. The second kappa shape index (κ2) is 10.1. The molecule has 0 saturated carbocycles. The molecule has 3 aromatic heterocycles. The van der Waals surface area contributed by atoms with E-state index in [0.29, 0.717) is 6.54 Å². The van der Waals surface area contributed by atoms with E-state index >= 15 is 0 Å². The van der Waals surface area contributed by atoms with Crippen LogP contribution < -0.4 is 10.2 Å². The summed E-state index contributed by atoms with van der Waals surface area (Å²) < 4.78 is 1.08. The second-order valence-electron chi connectivity index (χ2n) is 11.1. The van der Waals surface area contributed by atoms with Gasteiger partial charge in [0.15, 0.2) is 0 Å². The second-order valence-corrected chi connectivity index (χ2v) is 12.1. The molecular weight excluding hydrogens is 474 g/mol. The number of carboxylic acid groups (broad SMARTS) is 1. The normalized spacial score (nSPS) is 18.4. The van der Waals surface area contributed by atoms with E-state index < -0.39 is 5.97 Å². The third kappa shape index (κ3) is 5.12. The highest BCUT2D eigenvalue weighted by Gasteiger charge is 2.31. The Balaban J connectivity index is 1.34. The van der Waals surface area contributed by atoms with Crippen molar-refractivity contribution in [2.45, 2.75) is 39.5 Å². The lowest BCUT2D eigenvalue weighted by Crippen LogP contribution is -2.48. The van der Waals surface area contributed by atoms with Gasteiger partial charge in [-0.25, -0.2) is 15.0 Å². The summed E-state index contributed by atoms with van der Waals surface area (Å²) in [6.45, 7) is 10.8. The molecule has 1 aliphatic heterocycles. The fraction of sp³-hybridized carbons (Fsp3) is 0.615. The zero-order valence-corrected chi connectivity index (χ0v) is 22.6. The van der Waals surface area contributed by atoms with E-state index in [9.17, 15) is 4.79 Å². The average Bonchev–Trinajstić information content (AvgIpc) is 3.22. The Kier molecular flexibility index (Phi) is 7.02. The molecule has 4 heterocycles. The first-order valence-electron chi connectivity index (χ1n) is 12.9. The highest BCUT2D eigenvalue weighted by Crippen LogP contribution is 2.45. The van der Waals surface area contributed by atoms with Gasteiger partial charge in [-0.2, -0.15) is 0 Å². The van der Waals surface area contributed by atoms with Crippen molar-refractivity contribution in [3.05, 3.63) is 17.5 Å². The number of nitrogens with one attached hydrogen (secondary N) is 1. The number of anilines is 2. The van der Waals surface area contributed by atoms with E-state index in [4.69, 9.17) is 15.1 Å². The largest absolute Gasteiger partial charge is 0.481 e. The van der Waals surface area contributed by atoms with Gasteiger partial charge in [0.25, 0.3) is 0 Å². The number of hydrogen-bond donors (Lipinski definition) is 2. The Labute approximate surface area is 216 Å². The van der Waals surface area contributed by atoms with E-state index in [1.54, 1.807) is 17.7 Å². The van der Waals surface area contributed by atoms with E-state index in [2.05, 4.69) is 52.9 Å². The van der Waals surface area contributed by atoms with Gasteiger partial charge in [-0.15, -0.1) is 11.3 Å². The molecule has 9 nitrogen and oxygen atoms in total. The van der Waals surface area contributed by atoms with Crippen LogP contribution in [0.1, 0.15) is 37.8 Å². The van der Waals surface area contributed by atoms with Crippen LogP contribution in [0.2, 0.25) is 0 Å². The van der Waals surface area contributed by atoms with Crippen LogP contribution in [0.4, 0.5) is 11.6 Å². The zero-order chi connectivity index (χ0) is 25.4. The van der Waals surface area contributed by atoms with E-state index in [-0.39, 0.29) is 11.8 Å². The number of nitrogens with zero attached hydrogens (tertiary/aromatic N) is 6. The van der Waals surface area contributed by atoms with Gasteiger partial charge in [0.05, 0.1) is 16.6 Å². The number of pyridine rings is 1. The minimum Gasteiger partial charge on any atom is -0.481 e. The third-order valence-electron chi connectivity index (χ3n) is 7.55. The molecule has 0 amide bonds. The predicted molar refractivity (Wildman–Crippen MR) is 146 cm³/mol. The van der Waals surface area contributed by atoms with Crippen LogP contribution in [0.25, 0.3) is 20.4 Å². The molecule has 1 saturated heterocycles. The number of aliphatic carboxylic acids is 1. The molecule has 0 unspecified atom stereocenters. The number of rotatable bonds is 8. The first-order valence-corrected chi connectivity index (χ1v) is 13.7. The standard InChI is InChI=1S/C26H37N7O2S/c1-26(2)7-5-17-18(15-26)20-21-22(36-25(20)30-24(17)31(3)4)23(29-16-28-21)27-8-10-33-13-11-32(12-14-33)9-6-19(34)35/h16H,5-15H2,1-4H3,(H,34,35)(H,27,28,29). The summed E-state index contributed by atoms with van der Waals surface area (Å²) >= 11 is 1.69. The van der Waals surface area contributed by atoms with Crippen molar-refractivity contribution >= 4 is 49.4 Å². The highest BCUT2D eigenvalue weighted by atomic mass is 32.1. The van der Waals surface area contributed by atoms with Gasteiger partial charge in [0, 0.05) is 65.3 Å². The van der Waals surface area contributed by atoms with Crippen molar-refractivity contribution in [1.82, 2.24) is 24.8 Å². The van der Waals surface area contributed by atoms with Crippen LogP contribution in [-0.2, 0) is 17.6 Å². The first-order chi connectivity index (χ1) is 17.2. The summed E-state index contributed by atoms with van der Waals surface area (Å²) in [4.78, 5) is 33.1. The summed E-state index contributed by atoms with van der Waals surface area (Å²) in [7, 11) is 4.17. The SMILES string of the molecule is CN(C)c1nc2sc3c(NCCN4CCN(CCC(=O)O)CC4)ncnc3c2c2c1CCC(C)(C)C2. The van der Waals surface area contributed by atoms with E-state index in [1.807, 2.05) is 0 Å². The van der Waals surface area contributed by atoms with Crippen molar-refractivity contribution in [2.75, 3.05) is 70.1 Å².